The number of ketones is 1. The summed E-state index contributed by atoms with van der Waals surface area (Å²) >= 11 is 0. The molecule has 0 bridgehead atoms. The fourth-order valence-electron chi connectivity index (χ4n) is 0.766. The number of rotatable bonds is 7. The van der Waals surface area contributed by atoms with Crippen LogP contribution in [0, 0.1) is 0 Å². The van der Waals surface area contributed by atoms with E-state index in [-0.39, 0.29) is 48.9 Å². The molecule has 0 aromatic heterocycles. The molecule has 0 aliphatic carbocycles. The smallest absolute Gasteiger partial charge is 0.388 e. The number of phosphoric acid groups is 1. The van der Waals surface area contributed by atoms with E-state index >= 15 is 0 Å². The van der Waals surface area contributed by atoms with Crippen molar-refractivity contribution in [1.29, 1.82) is 0 Å². The first-order valence-corrected chi connectivity index (χ1v) is 5.60. The minimum atomic E-state index is -4.81. The van der Waals surface area contributed by atoms with Gasteiger partial charge in [0.05, 0.1) is 6.61 Å². The van der Waals surface area contributed by atoms with Crippen LogP contribution < -0.4 is 0 Å². The molecule has 0 amide bonds. The minimum Gasteiger partial charge on any atom is -0.388 e. The van der Waals surface area contributed by atoms with E-state index in [2.05, 4.69) is 4.52 Å². The molecular weight excluding hydrogens is 384 g/mol. The number of hydrogen-bond donors (Lipinski definition) is 6. The molecule has 17 heavy (non-hydrogen) atoms. The van der Waals surface area contributed by atoms with E-state index in [9.17, 15) is 9.36 Å². The Balaban J connectivity index is 0. The van der Waals surface area contributed by atoms with E-state index in [1.165, 1.54) is 0 Å². The number of carbonyl (C=O) groups is 1. The predicted octanol–water partition coefficient (Wildman–Crippen LogP) is -3.64. The molecule has 9 nitrogen and oxygen atoms in total. The van der Waals surface area contributed by atoms with Gasteiger partial charge in [0, 0.05) is 48.9 Å². The third-order valence-corrected chi connectivity index (χ3v) is 2.10. The van der Waals surface area contributed by atoms with Gasteiger partial charge in [-0.1, -0.05) is 0 Å². The topological polar surface area (TPSA) is 165 Å². The Morgan fingerprint density at radius 2 is 1.71 bits per heavy atom. The van der Waals surface area contributed by atoms with Crippen LogP contribution in [0.15, 0.2) is 0 Å². The van der Waals surface area contributed by atoms with Gasteiger partial charge in [-0.05, 0) is 0 Å². The molecule has 0 heterocycles. The quantitative estimate of drug-likeness (QED) is 0.188. The van der Waals surface area contributed by atoms with Crippen molar-refractivity contribution in [3.63, 3.8) is 0 Å². The maximum atomic E-state index is 10.7. The summed E-state index contributed by atoms with van der Waals surface area (Å²) in [6.45, 7) is -2.01. The number of Topliss-reactive ketones (excluding diaryl/α,β-unsaturated/α-hetero) is 1. The molecule has 0 spiro atoms. The Morgan fingerprint density at radius 3 is 2.06 bits per heavy atom. The van der Waals surface area contributed by atoms with Gasteiger partial charge in [0.2, 0.25) is 0 Å². The normalized spacial score (nSPS) is 16.8. The van der Waals surface area contributed by atoms with Gasteiger partial charge < -0.3 is 30.2 Å². The maximum absolute atomic E-state index is 10.7. The third kappa shape index (κ3) is 8.83. The molecule has 0 fully saturated rings. The van der Waals surface area contributed by atoms with Crippen LogP contribution in [0.4, 0.5) is 0 Å². The predicted molar refractivity (Wildman–Crippen MR) is 53.9 cm³/mol. The standard InChI is InChI=1S/C6H13O9P.Ba/c7-1-3(8)5(10)6(11)4(9)2-15-16(12,13)14;/h4-7,9-11H,1-2H2,(H2,12,13,14);. The van der Waals surface area contributed by atoms with Crippen molar-refractivity contribution in [2.24, 2.45) is 0 Å². The molecule has 0 saturated carbocycles. The Labute approximate surface area is 137 Å². The molecule has 3 atom stereocenters. The Morgan fingerprint density at radius 1 is 1.24 bits per heavy atom. The molecule has 98 valence electrons. The zero-order valence-corrected chi connectivity index (χ0v) is 14.0. The molecule has 2 radical (unpaired) electrons. The number of carbonyl (C=O) groups excluding carboxylic acids is 1. The maximum Gasteiger partial charge on any atom is 0.469 e. The summed E-state index contributed by atoms with van der Waals surface area (Å²) in [6, 6.07) is 0. The minimum absolute atomic E-state index is 0. The number of hydrogen-bond acceptors (Lipinski definition) is 7. The first kappa shape index (κ1) is 20.5. The van der Waals surface area contributed by atoms with E-state index in [4.69, 9.17) is 30.2 Å². The van der Waals surface area contributed by atoms with Crippen molar-refractivity contribution in [3.8, 4) is 0 Å². The van der Waals surface area contributed by atoms with Gasteiger partial charge in [-0.2, -0.15) is 0 Å². The van der Waals surface area contributed by atoms with Gasteiger partial charge in [-0.3, -0.25) is 9.32 Å². The van der Waals surface area contributed by atoms with E-state index in [0.717, 1.165) is 0 Å². The summed E-state index contributed by atoms with van der Waals surface area (Å²) < 4.78 is 14.1. The number of aliphatic hydroxyl groups is 4. The van der Waals surface area contributed by atoms with E-state index in [1.807, 2.05) is 0 Å². The summed E-state index contributed by atoms with van der Waals surface area (Å²) in [5.41, 5.74) is 0. The molecule has 6 N–H and O–H groups in total. The first-order chi connectivity index (χ1) is 7.19. The monoisotopic (exact) mass is 398 g/mol. The van der Waals surface area contributed by atoms with Crippen LogP contribution in [0.25, 0.3) is 0 Å². The third-order valence-electron chi connectivity index (χ3n) is 1.62. The van der Waals surface area contributed by atoms with Crippen molar-refractivity contribution < 1.29 is 44.1 Å². The number of aliphatic hydroxyl groups excluding tert-OH is 4. The molecule has 0 aromatic rings. The second-order valence-electron chi connectivity index (χ2n) is 2.91. The fourth-order valence-corrected chi connectivity index (χ4v) is 1.11. The SMILES string of the molecule is O=C(CO)C(O)C(O)C(O)COP(=O)(O)O.[Ba]. The van der Waals surface area contributed by atoms with Crippen molar-refractivity contribution >= 4 is 62.5 Å². The summed E-state index contributed by atoms with van der Waals surface area (Å²) in [4.78, 5) is 27.2. The van der Waals surface area contributed by atoms with Gasteiger partial charge in [0.1, 0.15) is 24.9 Å². The van der Waals surface area contributed by atoms with Crippen LogP contribution in [0.3, 0.4) is 0 Å². The van der Waals surface area contributed by atoms with E-state index in [1.54, 1.807) is 0 Å². The van der Waals surface area contributed by atoms with Gasteiger partial charge in [0.15, 0.2) is 5.78 Å². The average Bonchev–Trinajstić information content (AvgIpc) is 2.21. The molecular formula is C6H13BaO9P. The van der Waals surface area contributed by atoms with Crippen LogP contribution in [0.1, 0.15) is 0 Å². The molecule has 11 heteroatoms. The Kier molecular flexibility index (Phi) is 11.0. The second-order valence-corrected chi connectivity index (χ2v) is 4.15. The number of phosphoric ester groups is 1. The fraction of sp³-hybridized carbons (Fsp3) is 0.833. The van der Waals surface area contributed by atoms with E-state index < -0.39 is 45.1 Å². The second kappa shape index (κ2) is 9.15. The molecule has 0 aliphatic heterocycles. The van der Waals surface area contributed by atoms with Gasteiger partial charge >= 0.3 is 7.82 Å². The van der Waals surface area contributed by atoms with Crippen molar-refractivity contribution in [2.75, 3.05) is 13.2 Å². The van der Waals surface area contributed by atoms with Gasteiger partial charge in [-0.25, -0.2) is 4.57 Å². The molecule has 0 rings (SSSR count). The van der Waals surface area contributed by atoms with Gasteiger partial charge in [-0.15, -0.1) is 0 Å². The molecule has 0 saturated heterocycles. The zero-order chi connectivity index (χ0) is 12.9. The molecule has 3 unspecified atom stereocenters. The van der Waals surface area contributed by atoms with Crippen LogP contribution in [0.5, 0.6) is 0 Å². The van der Waals surface area contributed by atoms with E-state index in [0.29, 0.717) is 0 Å². The Bertz CT molecular complexity index is 279. The van der Waals surface area contributed by atoms with Crippen LogP contribution in [-0.4, -0.2) is 116 Å². The van der Waals surface area contributed by atoms with Gasteiger partial charge in [0.25, 0.3) is 0 Å². The molecule has 0 aliphatic rings. The zero-order valence-electron chi connectivity index (χ0n) is 8.71. The van der Waals surface area contributed by atoms with Crippen molar-refractivity contribution in [2.45, 2.75) is 18.3 Å². The van der Waals surface area contributed by atoms with Crippen molar-refractivity contribution in [1.82, 2.24) is 0 Å². The Hall–Kier alpha value is 1.19. The van der Waals surface area contributed by atoms with Crippen LogP contribution >= 0.6 is 7.82 Å². The summed E-state index contributed by atoms with van der Waals surface area (Å²) in [5, 5.41) is 35.6. The summed E-state index contributed by atoms with van der Waals surface area (Å²) in [5.74, 6) is -1.14. The molecule has 0 aromatic carbocycles. The van der Waals surface area contributed by atoms with Crippen LogP contribution in [-0.2, 0) is 13.9 Å². The largest absolute Gasteiger partial charge is 0.469 e. The average molecular weight is 397 g/mol. The van der Waals surface area contributed by atoms with Crippen molar-refractivity contribution in [3.05, 3.63) is 0 Å². The summed E-state index contributed by atoms with van der Waals surface area (Å²) in [6.07, 6.45) is -5.94. The van der Waals surface area contributed by atoms with Crippen LogP contribution in [0.2, 0.25) is 0 Å². The first-order valence-electron chi connectivity index (χ1n) is 4.07. The summed E-state index contributed by atoms with van der Waals surface area (Å²) in [7, 11) is -4.81.